The predicted octanol–water partition coefficient (Wildman–Crippen LogP) is 4.56. The highest BCUT2D eigenvalue weighted by Crippen LogP contribution is 2.20. The Morgan fingerprint density at radius 3 is 2.31 bits per heavy atom. The van der Waals surface area contributed by atoms with Crippen LogP contribution in [0, 0.1) is 19.7 Å². The maximum Gasteiger partial charge on any atom is 0.270 e. The van der Waals surface area contributed by atoms with Crippen molar-refractivity contribution in [2.24, 2.45) is 0 Å². The molecule has 1 heterocycles. The lowest BCUT2D eigenvalue weighted by Gasteiger charge is -2.20. The molecule has 0 radical (unpaired) electrons. The highest BCUT2D eigenvalue weighted by Gasteiger charge is 2.21. The zero-order valence-corrected chi connectivity index (χ0v) is 15.4. The second-order valence-electron chi connectivity index (χ2n) is 6.68. The minimum atomic E-state index is -0.256. The van der Waals surface area contributed by atoms with E-state index in [4.69, 9.17) is 0 Å². The number of hydrogen-bond donors (Lipinski definition) is 0. The predicted molar refractivity (Wildman–Crippen MR) is 102 cm³/mol. The Morgan fingerprint density at radius 2 is 1.65 bits per heavy atom. The van der Waals surface area contributed by atoms with Crippen LogP contribution >= 0.6 is 0 Å². The lowest BCUT2D eigenvalue weighted by Crippen LogP contribution is -2.29. The van der Waals surface area contributed by atoms with Gasteiger partial charge in [0.2, 0.25) is 0 Å². The Labute approximate surface area is 153 Å². The first-order chi connectivity index (χ1) is 12.5. The fraction of sp³-hybridized carbons (Fsp3) is 0.227. The van der Waals surface area contributed by atoms with E-state index in [1.165, 1.54) is 12.1 Å². The molecule has 0 N–H and O–H groups in total. The van der Waals surface area contributed by atoms with Gasteiger partial charge in [-0.1, -0.05) is 42.5 Å². The van der Waals surface area contributed by atoms with Crippen LogP contribution in [0.1, 0.15) is 32.9 Å². The van der Waals surface area contributed by atoms with Gasteiger partial charge in [0.1, 0.15) is 11.5 Å². The summed E-state index contributed by atoms with van der Waals surface area (Å²) >= 11 is 0. The summed E-state index contributed by atoms with van der Waals surface area (Å²) in [7, 11) is 1.82. The molecule has 134 valence electrons. The van der Waals surface area contributed by atoms with Gasteiger partial charge in [-0.2, -0.15) is 0 Å². The van der Waals surface area contributed by atoms with E-state index in [9.17, 15) is 9.18 Å². The van der Waals surface area contributed by atoms with Gasteiger partial charge in [0.05, 0.1) is 0 Å². The Morgan fingerprint density at radius 1 is 1.00 bits per heavy atom. The Balaban J connectivity index is 1.86. The van der Waals surface area contributed by atoms with Crippen LogP contribution in [0.2, 0.25) is 0 Å². The molecule has 0 aliphatic rings. The third-order valence-corrected chi connectivity index (χ3v) is 4.56. The monoisotopic (exact) mass is 350 g/mol. The van der Waals surface area contributed by atoms with Gasteiger partial charge in [-0.05, 0) is 48.7 Å². The summed E-state index contributed by atoms with van der Waals surface area (Å²) in [6.45, 7) is 5.04. The highest BCUT2D eigenvalue weighted by atomic mass is 19.1. The summed E-state index contributed by atoms with van der Waals surface area (Å²) in [5, 5.41) is 0. The van der Waals surface area contributed by atoms with Crippen molar-refractivity contribution in [2.45, 2.75) is 26.9 Å². The standard InChI is InChI=1S/C22H23FN2O/c1-16-13-17(2)25(15-19-9-11-20(23)12-10-19)21(16)22(26)24(3)14-18-7-5-4-6-8-18/h4-13H,14-15H2,1-3H3. The molecule has 2 aromatic carbocycles. The van der Waals surface area contributed by atoms with Crippen LogP contribution < -0.4 is 0 Å². The van der Waals surface area contributed by atoms with Crippen LogP contribution in [-0.2, 0) is 13.1 Å². The summed E-state index contributed by atoms with van der Waals surface area (Å²) in [6, 6.07) is 18.4. The molecule has 3 aromatic rings. The van der Waals surface area contributed by atoms with Crippen LogP contribution in [-0.4, -0.2) is 22.4 Å². The van der Waals surface area contributed by atoms with Gasteiger partial charge in [-0.3, -0.25) is 4.79 Å². The number of aryl methyl sites for hydroxylation is 2. The molecule has 0 fully saturated rings. The summed E-state index contributed by atoms with van der Waals surface area (Å²) < 4.78 is 15.2. The second-order valence-corrected chi connectivity index (χ2v) is 6.68. The largest absolute Gasteiger partial charge is 0.336 e. The van der Waals surface area contributed by atoms with E-state index in [1.807, 2.05) is 61.9 Å². The molecule has 0 atom stereocenters. The Kier molecular flexibility index (Phi) is 5.21. The average molecular weight is 350 g/mol. The van der Waals surface area contributed by atoms with Crippen molar-refractivity contribution in [3.8, 4) is 0 Å². The van der Waals surface area contributed by atoms with Crippen LogP contribution in [0.5, 0.6) is 0 Å². The molecule has 1 aromatic heterocycles. The van der Waals surface area contributed by atoms with Gasteiger partial charge in [0.25, 0.3) is 5.91 Å². The Bertz CT molecular complexity index is 898. The smallest absolute Gasteiger partial charge is 0.270 e. The van der Waals surface area contributed by atoms with Crippen LogP contribution in [0.25, 0.3) is 0 Å². The lowest BCUT2D eigenvalue weighted by molar-refractivity contribution is 0.0774. The molecule has 0 bridgehead atoms. The van der Waals surface area contributed by atoms with E-state index >= 15 is 0 Å². The van der Waals surface area contributed by atoms with Gasteiger partial charge in [-0.15, -0.1) is 0 Å². The minimum Gasteiger partial charge on any atom is -0.336 e. The molecule has 0 saturated heterocycles. The quantitative estimate of drug-likeness (QED) is 0.662. The zero-order chi connectivity index (χ0) is 18.7. The molecule has 0 unspecified atom stereocenters. The summed E-state index contributed by atoms with van der Waals surface area (Å²) in [6.07, 6.45) is 0. The van der Waals surface area contributed by atoms with Crippen molar-refractivity contribution < 1.29 is 9.18 Å². The van der Waals surface area contributed by atoms with E-state index in [0.717, 1.165) is 22.4 Å². The number of hydrogen-bond acceptors (Lipinski definition) is 1. The van der Waals surface area contributed by atoms with E-state index in [-0.39, 0.29) is 11.7 Å². The molecule has 1 amide bonds. The maximum absolute atomic E-state index is 13.2. The zero-order valence-electron chi connectivity index (χ0n) is 15.4. The molecule has 3 rings (SSSR count). The first-order valence-corrected chi connectivity index (χ1v) is 8.66. The fourth-order valence-electron chi connectivity index (χ4n) is 3.22. The van der Waals surface area contributed by atoms with Gasteiger partial charge >= 0.3 is 0 Å². The van der Waals surface area contributed by atoms with Crippen LogP contribution in [0.4, 0.5) is 4.39 Å². The number of nitrogens with zero attached hydrogens (tertiary/aromatic N) is 2. The molecule has 0 aliphatic heterocycles. The van der Waals surface area contributed by atoms with Crippen molar-refractivity contribution in [3.05, 3.63) is 94.6 Å². The Hall–Kier alpha value is -2.88. The van der Waals surface area contributed by atoms with Crippen molar-refractivity contribution in [1.82, 2.24) is 9.47 Å². The molecular formula is C22H23FN2O. The van der Waals surface area contributed by atoms with Crippen molar-refractivity contribution in [3.63, 3.8) is 0 Å². The molecule has 0 saturated carbocycles. The molecular weight excluding hydrogens is 327 g/mol. The van der Waals surface area contributed by atoms with Crippen molar-refractivity contribution in [2.75, 3.05) is 7.05 Å². The topological polar surface area (TPSA) is 25.2 Å². The molecule has 3 nitrogen and oxygen atoms in total. The fourth-order valence-corrected chi connectivity index (χ4v) is 3.22. The van der Waals surface area contributed by atoms with Gasteiger partial charge in [0.15, 0.2) is 0 Å². The normalized spacial score (nSPS) is 10.8. The van der Waals surface area contributed by atoms with Gasteiger partial charge in [0, 0.05) is 25.8 Å². The third-order valence-electron chi connectivity index (χ3n) is 4.56. The number of halogens is 1. The first-order valence-electron chi connectivity index (χ1n) is 8.66. The number of carbonyl (C=O) groups excluding carboxylic acids is 1. The summed E-state index contributed by atoms with van der Waals surface area (Å²) in [5.74, 6) is -0.269. The SMILES string of the molecule is Cc1cc(C)n(Cc2ccc(F)cc2)c1C(=O)N(C)Cc1ccccc1. The lowest BCUT2D eigenvalue weighted by atomic mass is 10.2. The number of rotatable bonds is 5. The first kappa shape index (κ1) is 17.9. The minimum absolute atomic E-state index is 0.0124. The molecule has 4 heteroatoms. The van der Waals surface area contributed by atoms with Crippen molar-refractivity contribution >= 4 is 5.91 Å². The second kappa shape index (κ2) is 7.56. The number of aromatic nitrogens is 1. The van der Waals surface area contributed by atoms with Crippen LogP contribution in [0.3, 0.4) is 0 Å². The molecule has 26 heavy (non-hydrogen) atoms. The van der Waals surface area contributed by atoms with E-state index in [1.54, 1.807) is 17.0 Å². The van der Waals surface area contributed by atoms with E-state index in [0.29, 0.717) is 18.8 Å². The average Bonchev–Trinajstić information content (AvgIpc) is 2.90. The van der Waals surface area contributed by atoms with E-state index < -0.39 is 0 Å². The highest BCUT2D eigenvalue weighted by molar-refractivity contribution is 5.94. The van der Waals surface area contributed by atoms with E-state index in [2.05, 4.69) is 0 Å². The number of benzene rings is 2. The molecule has 0 aliphatic carbocycles. The van der Waals surface area contributed by atoms with Gasteiger partial charge in [-0.25, -0.2) is 4.39 Å². The number of amides is 1. The summed E-state index contributed by atoms with van der Waals surface area (Å²) in [4.78, 5) is 14.8. The summed E-state index contributed by atoms with van der Waals surface area (Å²) in [5.41, 5.74) is 4.71. The van der Waals surface area contributed by atoms with Crippen molar-refractivity contribution in [1.29, 1.82) is 0 Å². The van der Waals surface area contributed by atoms with Crippen LogP contribution in [0.15, 0.2) is 60.7 Å². The molecule has 0 spiro atoms. The third kappa shape index (κ3) is 3.85. The maximum atomic E-state index is 13.2. The van der Waals surface area contributed by atoms with Gasteiger partial charge < -0.3 is 9.47 Å². The number of carbonyl (C=O) groups is 1.